The van der Waals surface area contributed by atoms with E-state index in [1.54, 1.807) is 4.90 Å². The van der Waals surface area contributed by atoms with E-state index in [-0.39, 0.29) is 0 Å². The summed E-state index contributed by atoms with van der Waals surface area (Å²) >= 11 is 0. The van der Waals surface area contributed by atoms with Gasteiger partial charge in [-0.2, -0.15) is 0 Å². The lowest BCUT2D eigenvalue weighted by Crippen LogP contribution is -2.91. The molecular weight excluding hydrogens is 86.1 g/mol. The molecule has 7 heavy (non-hydrogen) atoms. The molecule has 0 amide bonds. The fourth-order valence-corrected chi connectivity index (χ4v) is 0.606. The lowest BCUT2D eigenvalue weighted by molar-refractivity contribution is -0.724. The van der Waals surface area contributed by atoms with Crippen LogP contribution in [0.4, 0.5) is 0 Å². The Bertz CT molecular complexity index is 70.2. The molecule has 0 saturated heterocycles. The summed E-state index contributed by atoms with van der Waals surface area (Å²) in [5, 5.41) is 0. The molecule has 0 atom stereocenters. The minimum atomic E-state index is 1.32. The van der Waals surface area contributed by atoms with E-state index in [9.17, 15) is 0 Å². The lowest BCUT2D eigenvalue weighted by Gasteiger charge is -1.90. The maximum atomic E-state index is 2.23. The predicted molar refractivity (Wildman–Crippen MR) is 29.9 cm³/mol. The van der Waals surface area contributed by atoms with E-state index in [4.69, 9.17) is 0 Å². The first-order valence-electron chi connectivity index (χ1n) is 2.97. The van der Waals surface area contributed by atoms with Crippen LogP contribution >= 0.6 is 0 Å². The fourth-order valence-electron chi connectivity index (χ4n) is 0.606. The normalized spacial score (nSPS) is 17.9. The molecule has 1 heterocycles. The van der Waals surface area contributed by atoms with Crippen molar-refractivity contribution < 1.29 is 4.90 Å². The van der Waals surface area contributed by atoms with Crippen LogP contribution in [0.5, 0.6) is 0 Å². The molecule has 0 fully saturated rings. The summed E-state index contributed by atoms with van der Waals surface area (Å²) < 4.78 is 0. The van der Waals surface area contributed by atoms with E-state index in [2.05, 4.69) is 19.3 Å². The highest BCUT2D eigenvalue weighted by Gasteiger charge is 2.10. The second kappa shape index (κ2) is 2.12. The predicted octanol–water partition coefficient (Wildman–Crippen LogP) is 0.156. The Labute approximate surface area is 44.6 Å². The standard InChI is InChI=1S/C6H11N/c1-2-3-4-7-5-6-7/h5-6H,2-4H2,1H3/p+1. The minimum absolute atomic E-state index is 1.32. The van der Waals surface area contributed by atoms with Gasteiger partial charge in [-0.1, -0.05) is 13.3 Å². The molecule has 0 aromatic rings. The first kappa shape index (κ1) is 4.85. The Balaban J connectivity index is 1.81. The summed E-state index contributed by atoms with van der Waals surface area (Å²) in [5.74, 6) is 0. The Morgan fingerprint density at radius 1 is 1.43 bits per heavy atom. The molecule has 1 aliphatic rings. The van der Waals surface area contributed by atoms with Gasteiger partial charge in [0.15, 0.2) is 12.4 Å². The smallest absolute Gasteiger partial charge is 0.153 e. The van der Waals surface area contributed by atoms with E-state index >= 15 is 0 Å². The molecule has 0 radical (unpaired) electrons. The van der Waals surface area contributed by atoms with E-state index in [1.165, 1.54) is 19.4 Å². The molecule has 0 aliphatic carbocycles. The molecule has 0 spiro atoms. The van der Waals surface area contributed by atoms with E-state index in [0.717, 1.165) is 0 Å². The van der Waals surface area contributed by atoms with Crippen LogP contribution in [-0.2, 0) is 0 Å². The summed E-state index contributed by atoms with van der Waals surface area (Å²) in [5.41, 5.74) is 0. The Morgan fingerprint density at radius 3 is 2.57 bits per heavy atom. The van der Waals surface area contributed by atoms with Crippen molar-refractivity contribution >= 4 is 0 Å². The molecule has 1 aliphatic heterocycles. The van der Waals surface area contributed by atoms with E-state index in [0.29, 0.717) is 0 Å². The van der Waals surface area contributed by atoms with Gasteiger partial charge in [0.1, 0.15) is 0 Å². The number of hydrogen-bond donors (Lipinski definition) is 1. The minimum Gasteiger partial charge on any atom is -0.273 e. The van der Waals surface area contributed by atoms with Crippen molar-refractivity contribution in [1.82, 2.24) is 0 Å². The van der Waals surface area contributed by atoms with Gasteiger partial charge in [0, 0.05) is 0 Å². The number of hydrogen-bond acceptors (Lipinski definition) is 0. The molecule has 0 aromatic heterocycles. The number of rotatable bonds is 3. The van der Waals surface area contributed by atoms with E-state index < -0.39 is 0 Å². The molecule has 40 valence electrons. The second-order valence-corrected chi connectivity index (χ2v) is 2.01. The maximum Gasteiger partial charge on any atom is 0.153 e. The van der Waals surface area contributed by atoms with E-state index in [1.807, 2.05) is 0 Å². The van der Waals surface area contributed by atoms with Crippen LogP contribution in [0.3, 0.4) is 0 Å². The third-order valence-electron chi connectivity index (χ3n) is 1.22. The SMILES string of the molecule is CCCC[NH+]1C=C1. The van der Waals surface area contributed by atoms with Crippen LogP contribution in [0.25, 0.3) is 0 Å². The van der Waals surface area contributed by atoms with Crippen LogP contribution in [0, 0.1) is 0 Å². The third kappa shape index (κ3) is 1.74. The van der Waals surface area contributed by atoms with Gasteiger partial charge in [0.05, 0.1) is 6.54 Å². The summed E-state index contributed by atoms with van der Waals surface area (Å²) in [6, 6.07) is 0. The first-order chi connectivity index (χ1) is 3.43. The van der Waals surface area contributed by atoms with Crippen molar-refractivity contribution in [3.05, 3.63) is 12.4 Å². The zero-order chi connectivity index (χ0) is 5.11. The van der Waals surface area contributed by atoms with Gasteiger partial charge in [-0.3, -0.25) is 4.90 Å². The summed E-state index contributed by atoms with van der Waals surface area (Å²) in [6.07, 6.45) is 7.07. The Kier molecular flexibility index (Phi) is 1.47. The monoisotopic (exact) mass is 98.1 g/mol. The lowest BCUT2D eigenvalue weighted by atomic mass is 10.3. The first-order valence-corrected chi connectivity index (χ1v) is 2.97. The van der Waals surface area contributed by atoms with Crippen molar-refractivity contribution in [2.45, 2.75) is 19.8 Å². The van der Waals surface area contributed by atoms with Crippen LogP contribution in [0.15, 0.2) is 12.4 Å². The maximum absolute atomic E-state index is 2.23. The summed E-state index contributed by atoms with van der Waals surface area (Å²) in [7, 11) is 0. The van der Waals surface area contributed by atoms with Crippen molar-refractivity contribution in [3.8, 4) is 0 Å². The van der Waals surface area contributed by atoms with Crippen molar-refractivity contribution in [1.29, 1.82) is 0 Å². The van der Waals surface area contributed by atoms with Gasteiger partial charge >= 0.3 is 0 Å². The molecule has 0 aromatic carbocycles. The molecule has 0 bridgehead atoms. The number of unbranched alkanes of at least 4 members (excludes halogenated alkanes) is 1. The highest BCUT2D eigenvalue weighted by atomic mass is 15.2. The molecule has 0 saturated carbocycles. The Morgan fingerprint density at radius 2 is 2.14 bits per heavy atom. The second-order valence-electron chi connectivity index (χ2n) is 2.01. The molecule has 1 nitrogen and oxygen atoms in total. The number of quaternary nitrogens is 1. The average Bonchev–Trinajstić information content (AvgIpc) is 2.42. The van der Waals surface area contributed by atoms with Gasteiger partial charge in [-0.05, 0) is 6.42 Å². The van der Waals surface area contributed by atoms with Crippen LogP contribution in [-0.4, -0.2) is 6.54 Å². The van der Waals surface area contributed by atoms with Crippen molar-refractivity contribution in [3.63, 3.8) is 0 Å². The number of nitrogens with one attached hydrogen (secondary N) is 1. The van der Waals surface area contributed by atoms with Gasteiger partial charge in [0.2, 0.25) is 0 Å². The van der Waals surface area contributed by atoms with Crippen molar-refractivity contribution in [2.24, 2.45) is 0 Å². The van der Waals surface area contributed by atoms with Gasteiger partial charge in [-0.15, -0.1) is 0 Å². The topological polar surface area (TPSA) is 4.44 Å². The summed E-state index contributed by atoms with van der Waals surface area (Å²) in [4.78, 5) is 1.56. The van der Waals surface area contributed by atoms with Crippen molar-refractivity contribution in [2.75, 3.05) is 6.54 Å². The molecule has 1 N–H and O–H groups in total. The zero-order valence-electron chi connectivity index (χ0n) is 4.78. The van der Waals surface area contributed by atoms with Gasteiger partial charge in [0.25, 0.3) is 0 Å². The van der Waals surface area contributed by atoms with Crippen LogP contribution in [0.1, 0.15) is 19.8 Å². The largest absolute Gasteiger partial charge is 0.273 e. The quantitative estimate of drug-likeness (QED) is 0.512. The van der Waals surface area contributed by atoms with Gasteiger partial charge in [-0.25, -0.2) is 0 Å². The highest BCUT2D eigenvalue weighted by Crippen LogP contribution is 1.81. The average molecular weight is 98.2 g/mol. The highest BCUT2D eigenvalue weighted by molar-refractivity contribution is 4.72. The van der Waals surface area contributed by atoms with Crippen LogP contribution < -0.4 is 4.90 Å². The van der Waals surface area contributed by atoms with Crippen LogP contribution in [0.2, 0.25) is 0 Å². The third-order valence-corrected chi connectivity index (χ3v) is 1.22. The summed E-state index contributed by atoms with van der Waals surface area (Å²) in [6.45, 7) is 3.54. The Hall–Kier alpha value is -0.300. The molecule has 0 unspecified atom stereocenters. The zero-order valence-corrected chi connectivity index (χ0v) is 4.78. The molecular formula is C6H12N+. The fraction of sp³-hybridized carbons (Fsp3) is 0.667. The van der Waals surface area contributed by atoms with Gasteiger partial charge < -0.3 is 0 Å². The molecule has 1 heteroatoms. The molecule has 1 rings (SSSR count).